The first-order chi connectivity index (χ1) is 4.00. The summed E-state index contributed by atoms with van der Waals surface area (Å²) >= 11 is 0. The Labute approximate surface area is 58.5 Å². The first-order valence-electron chi connectivity index (χ1n) is 2.93. The molecule has 0 aromatic carbocycles. The quantitative estimate of drug-likeness (QED) is 0.482. The molecule has 0 aromatic rings. The van der Waals surface area contributed by atoms with Crippen LogP contribution in [0.5, 0.6) is 0 Å². The largest absolute Gasteiger partial charge is 0.0896 e. The Hall–Kier alpha value is 0.440. The summed E-state index contributed by atoms with van der Waals surface area (Å²) in [6, 6.07) is 0. The monoisotopic (exact) mass is 146 g/mol. The fraction of sp³-hybridized carbons (Fsp3) is 0.667. The second-order valence-corrected chi connectivity index (χ2v) is 4.18. The van der Waals surface area contributed by atoms with Gasteiger partial charge in [0, 0.05) is 5.75 Å². The van der Waals surface area contributed by atoms with Gasteiger partial charge in [-0.25, -0.2) is 0 Å². The van der Waals surface area contributed by atoms with Gasteiger partial charge in [0.15, 0.2) is 0 Å². The van der Waals surface area contributed by atoms with Crippen LogP contribution in [0.2, 0.25) is 0 Å². The topological polar surface area (TPSA) is 0 Å². The normalized spacial score (nSPS) is 22.0. The van der Waals surface area contributed by atoms with Gasteiger partial charge in [0.25, 0.3) is 0 Å². The Balaban J connectivity index is 2.17. The highest BCUT2D eigenvalue weighted by atomic mass is 33.1. The zero-order valence-electron chi connectivity index (χ0n) is 4.80. The molecule has 0 unspecified atom stereocenters. The van der Waals surface area contributed by atoms with Gasteiger partial charge in [0.05, 0.1) is 0 Å². The molecule has 46 valence electrons. The van der Waals surface area contributed by atoms with E-state index < -0.39 is 0 Å². The maximum absolute atomic E-state index is 2.26. The molecule has 0 radical (unpaired) electrons. The molecule has 0 N–H and O–H groups in total. The minimum absolute atomic E-state index is 1.29. The van der Waals surface area contributed by atoms with Gasteiger partial charge in [-0.15, -0.1) is 0 Å². The van der Waals surface area contributed by atoms with Crippen LogP contribution in [0.4, 0.5) is 0 Å². The van der Waals surface area contributed by atoms with Gasteiger partial charge in [-0.05, 0) is 24.7 Å². The van der Waals surface area contributed by atoms with Crippen LogP contribution in [-0.4, -0.2) is 5.75 Å². The van der Waals surface area contributed by atoms with E-state index in [1.54, 1.807) is 0 Å². The summed E-state index contributed by atoms with van der Waals surface area (Å²) in [7, 11) is 3.82. The Morgan fingerprint density at radius 2 is 2.25 bits per heavy atom. The van der Waals surface area contributed by atoms with Crippen LogP contribution < -0.4 is 0 Å². The van der Waals surface area contributed by atoms with Crippen molar-refractivity contribution in [2.45, 2.75) is 19.3 Å². The van der Waals surface area contributed by atoms with Crippen molar-refractivity contribution in [2.24, 2.45) is 0 Å². The molecule has 0 saturated heterocycles. The smallest absolute Gasteiger partial charge is 0.00402 e. The Kier molecular flexibility index (Phi) is 3.55. The molecule has 2 heteroatoms. The Morgan fingerprint density at radius 1 is 1.25 bits per heavy atom. The molecule has 0 nitrogen and oxygen atoms in total. The molecule has 1 rings (SSSR count). The lowest BCUT2D eigenvalue weighted by molar-refractivity contribution is 0.824. The molecule has 0 aliphatic carbocycles. The highest BCUT2D eigenvalue weighted by Gasteiger charge is 1.90. The van der Waals surface area contributed by atoms with Gasteiger partial charge in [-0.2, -0.15) is 0 Å². The molecule has 0 aromatic heterocycles. The molecule has 8 heavy (non-hydrogen) atoms. The van der Waals surface area contributed by atoms with Crippen molar-refractivity contribution in [3.8, 4) is 0 Å². The van der Waals surface area contributed by atoms with Gasteiger partial charge in [-0.3, -0.25) is 0 Å². The van der Waals surface area contributed by atoms with Gasteiger partial charge >= 0.3 is 0 Å². The maximum Gasteiger partial charge on any atom is 0.00402 e. The highest BCUT2D eigenvalue weighted by molar-refractivity contribution is 8.77. The van der Waals surface area contributed by atoms with Crippen molar-refractivity contribution >= 4 is 21.6 Å². The predicted octanol–water partition coefficient (Wildman–Crippen LogP) is 3.07. The van der Waals surface area contributed by atoms with E-state index in [2.05, 4.69) is 11.5 Å². The molecule has 0 saturated carbocycles. The molecular weight excluding hydrogens is 136 g/mol. The first-order valence-corrected chi connectivity index (χ1v) is 5.31. The molecule has 1 aliphatic heterocycles. The number of rotatable bonds is 0. The predicted molar refractivity (Wildman–Crippen MR) is 43.0 cm³/mol. The molecule has 1 heterocycles. The zero-order valence-corrected chi connectivity index (χ0v) is 6.43. The summed E-state index contributed by atoms with van der Waals surface area (Å²) in [6.07, 6.45) is 6.32. The zero-order chi connectivity index (χ0) is 5.66. The van der Waals surface area contributed by atoms with Crippen molar-refractivity contribution in [3.05, 3.63) is 11.5 Å². The summed E-state index contributed by atoms with van der Waals surface area (Å²) in [5.74, 6) is 1.33. The van der Waals surface area contributed by atoms with Crippen molar-refractivity contribution in [1.82, 2.24) is 0 Å². The van der Waals surface area contributed by atoms with E-state index in [1.807, 2.05) is 21.6 Å². The van der Waals surface area contributed by atoms with E-state index >= 15 is 0 Å². The second kappa shape index (κ2) is 4.33. The van der Waals surface area contributed by atoms with Crippen molar-refractivity contribution in [3.63, 3.8) is 0 Å². The summed E-state index contributed by atoms with van der Waals surface area (Å²) < 4.78 is 0. The molecule has 0 bridgehead atoms. The lowest BCUT2D eigenvalue weighted by atomic mass is 10.2. The summed E-state index contributed by atoms with van der Waals surface area (Å²) in [5, 5.41) is 2.20. The van der Waals surface area contributed by atoms with E-state index in [0.717, 1.165) is 0 Å². The maximum atomic E-state index is 2.26. The minimum atomic E-state index is 1.29. The van der Waals surface area contributed by atoms with Crippen LogP contribution >= 0.6 is 21.6 Å². The second-order valence-electron chi connectivity index (χ2n) is 1.79. The third-order valence-corrected chi connectivity index (χ3v) is 3.20. The van der Waals surface area contributed by atoms with Gasteiger partial charge in [0.1, 0.15) is 0 Å². The summed E-state index contributed by atoms with van der Waals surface area (Å²) in [5.41, 5.74) is 0. The van der Waals surface area contributed by atoms with E-state index in [0.29, 0.717) is 0 Å². The molecule has 0 spiro atoms. The number of hydrogen-bond donors (Lipinski definition) is 0. The first kappa shape index (κ1) is 6.56. The highest BCUT2D eigenvalue weighted by Crippen LogP contribution is 2.26. The molecule has 0 amide bonds. The van der Waals surface area contributed by atoms with E-state index in [9.17, 15) is 0 Å². The van der Waals surface area contributed by atoms with Crippen LogP contribution in [0, 0.1) is 0 Å². The lowest BCUT2D eigenvalue weighted by Crippen LogP contribution is -1.78. The summed E-state index contributed by atoms with van der Waals surface area (Å²) in [4.78, 5) is 0. The van der Waals surface area contributed by atoms with Crippen LogP contribution in [0.1, 0.15) is 19.3 Å². The average molecular weight is 146 g/mol. The van der Waals surface area contributed by atoms with Crippen molar-refractivity contribution in [1.29, 1.82) is 0 Å². The summed E-state index contributed by atoms with van der Waals surface area (Å²) in [6.45, 7) is 0. The van der Waals surface area contributed by atoms with Crippen molar-refractivity contribution < 1.29 is 0 Å². The van der Waals surface area contributed by atoms with Crippen LogP contribution in [0.3, 0.4) is 0 Å². The fourth-order valence-corrected chi connectivity index (χ4v) is 2.44. The standard InChI is InChI=1S/C6H10S2/c1-2-4-6-8-7-5-3-1/h3,5H,1-2,4,6H2. The molecule has 0 fully saturated rings. The van der Waals surface area contributed by atoms with Gasteiger partial charge in [0.2, 0.25) is 0 Å². The SMILES string of the molecule is C1=CSSCCCC1. The van der Waals surface area contributed by atoms with E-state index in [4.69, 9.17) is 0 Å². The number of hydrogen-bond acceptors (Lipinski definition) is 2. The number of allylic oxidation sites excluding steroid dienone is 1. The molecule has 1 aliphatic rings. The van der Waals surface area contributed by atoms with Crippen molar-refractivity contribution in [2.75, 3.05) is 5.75 Å². The fourth-order valence-electron chi connectivity index (χ4n) is 0.618. The Morgan fingerprint density at radius 3 is 3.25 bits per heavy atom. The van der Waals surface area contributed by atoms with E-state index in [-0.39, 0.29) is 0 Å². The van der Waals surface area contributed by atoms with Gasteiger partial charge < -0.3 is 0 Å². The average Bonchev–Trinajstić information content (AvgIpc) is 1.62. The third kappa shape index (κ3) is 2.68. The minimum Gasteiger partial charge on any atom is -0.0896 e. The van der Waals surface area contributed by atoms with E-state index in [1.165, 1.54) is 25.0 Å². The third-order valence-electron chi connectivity index (χ3n) is 1.07. The van der Waals surface area contributed by atoms with Crippen LogP contribution in [0.15, 0.2) is 11.5 Å². The van der Waals surface area contributed by atoms with Crippen LogP contribution in [0.25, 0.3) is 0 Å². The lowest BCUT2D eigenvalue weighted by Gasteiger charge is -1.99. The molecular formula is C6H10S2. The molecule has 0 atom stereocenters. The Bertz CT molecular complexity index is 68.6. The van der Waals surface area contributed by atoms with Crippen LogP contribution in [-0.2, 0) is 0 Å². The van der Waals surface area contributed by atoms with Gasteiger partial charge in [-0.1, -0.05) is 27.7 Å².